The molecule has 1 aliphatic rings. The van der Waals surface area contributed by atoms with Crippen LogP contribution < -0.4 is 0 Å². The molecule has 0 aromatic rings. The van der Waals surface area contributed by atoms with E-state index >= 15 is 0 Å². The Morgan fingerprint density at radius 2 is 1.41 bits per heavy atom. The van der Waals surface area contributed by atoms with Gasteiger partial charge in [0.25, 0.3) is 0 Å². The van der Waals surface area contributed by atoms with Crippen LogP contribution in [0.15, 0.2) is 24.3 Å². The average Bonchev–Trinajstić information content (AvgIpc) is 3.27. The van der Waals surface area contributed by atoms with Crippen molar-refractivity contribution in [2.45, 2.75) is 110 Å². The summed E-state index contributed by atoms with van der Waals surface area (Å²) in [5.41, 5.74) is 0. The normalized spacial score (nSPS) is 21.2. The lowest BCUT2D eigenvalue weighted by atomic mass is 10.1. The van der Waals surface area contributed by atoms with E-state index in [0.29, 0.717) is 12.2 Å². The molecule has 0 amide bonds. The first-order chi connectivity index (χ1) is 10.9. The number of hydrogen-bond acceptors (Lipinski definition) is 1. The van der Waals surface area contributed by atoms with Crippen molar-refractivity contribution >= 4 is 0 Å². The highest BCUT2D eigenvalue weighted by Gasteiger charge is 2.35. The van der Waals surface area contributed by atoms with E-state index < -0.39 is 0 Å². The lowest BCUT2D eigenvalue weighted by Gasteiger charge is -1.99. The fraction of sp³-hybridized carbons (Fsp3) is 0.810. The second kappa shape index (κ2) is 14.1. The van der Waals surface area contributed by atoms with E-state index in [0.717, 1.165) is 6.42 Å². The van der Waals surface area contributed by atoms with E-state index in [-0.39, 0.29) is 0 Å². The first kappa shape index (κ1) is 19.5. The van der Waals surface area contributed by atoms with Crippen LogP contribution in [0.5, 0.6) is 0 Å². The zero-order valence-electron chi connectivity index (χ0n) is 15.1. The van der Waals surface area contributed by atoms with Crippen LogP contribution in [-0.2, 0) is 4.74 Å². The Bertz CT molecular complexity index is 292. The molecule has 0 saturated carbocycles. The Morgan fingerprint density at radius 1 is 0.727 bits per heavy atom. The summed E-state index contributed by atoms with van der Waals surface area (Å²) >= 11 is 0. The summed E-state index contributed by atoms with van der Waals surface area (Å²) in [6.45, 7) is 4.53. The Labute approximate surface area is 139 Å². The van der Waals surface area contributed by atoms with Crippen LogP contribution in [0.1, 0.15) is 97.3 Å². The summed E-state index contributed by atoms with van der Waals surface area (Å²) in [5, 5.41) is 0. The Morgan fingerprint density at radius 3 is 2.18 bits per heavy atom. The zero-order chi connectivity index (χ0) is 15.9. The first-order valence-electron chi connectivity index (χ1n) is 9.85. The van der Waals surface area contributed by atoms with Crippen molar-refractivity contribution in [2.24, 2.45) is 0 Å². The molecule has 1 nitrogen and oxygen atoms in total. The van der Waals surface area contributed by atoms with Crippen molar-refractivity contribution in [3.63, 3.8) is 0 Å². The molecule has 1 heterocycles. The number of unbranched alkanes of at least 4 members (excludes halogenated alkanes) is 9. The summed E-state index contributed by atoms with van der Waals surface area (Å²) in [4.78, 5) is 0. The summed E-state index contributed by atoms with van der Waals surface area (Å²) in [5.74, 6) is 0. The minimum absolute atomic E-state index is 0.425. The maximum Gasteiger partial charge on any atom is 0.102 e. The van der Waals surface area contributed by atoms with Gasteiger partial charge in [-0.05, 0) is 25.7 Å². The van der Waals surface area contributed by atoms with Gasteiger partial charge in [-0.1, -0.05) is 95.9 Å². The van der Waals surface area contributed by atoms with Gasteiger partial charge in [0, 0.05) is 0 Å². The van der Waals surface area contributed by atoms with Crippen LogP contribution in [-0.4, -0.2) is 12.2 Å². The van der Waals surface area contributed by atoms with E-state index in [9.17, 15) is 0 Å². The van der Waals surface area contributed by atoms with Gasteiger partial charge in [-0.3, -0.25) is 0 Å². The van der Waals surface area contributed by atoms with Crippen molar-refractivity contribution in [3.8, 4) is 0 Å². The average molecular weight is 307 g/mol. The van der Waals surface area contributed by atoms with E-state index in [1.54, 1.807) is 0 Å². The van der Waals surface area contributed by atoms with Crippen LogP contribution in [0.3, 0.4) is 0 Å². The maximum atomic E-state index is 5.71. The number of ether oxygens (including phenoxy) is 1. The molecule has 1 heteroatoms. The van der Waals surface area contributed by atoms with E-state index in [1.807, 2.05) is 0 Å². The van der Waals surface area contributed by atoms with Gasteiger partial charge in [0.2, 0.25) is 0 Å². The predicted octanol–water partition coefficient (Wildman–Crippen LogP) is 6.98. The highest BCUT2D eigenvalue weighted by molar-refractivity contribution is 5.04. The highest BCUT2D eigenvalue weighted by atomic mass is 16.6. The molecule has 0 aromatic heterocycles. The quantitative estimate of drug-likeness (QED) is 0.181. The Kier molecular flexibility index (Phi) is 12.5. The van der Waals surface area contributed by atoms with Crippen molar-refractivity contribution in [1.29, 1.82) is 0 Å². The van der Waals surface area contributed by atoms with E-state index in [2.05, 4.69) is 38.2 Å². The second-order valence-electron chi connectivity index (χ2n) is 6.68. The van der Waals surface area contributed by atoms with Gasteiger partial charge in [-0.2, -0.15) is 0 Å². The van der Waals surface area contributed by atoms with Crippen molar-refractivity contribution < 1.29 is 4.74 Å². The third-order valence-corrected chi connectivity index (χ3v) is 4.45. The van der Waals surface area contributed by atoms with Crippen molar-refractivity contribution in [1.82, 2.24) is 0 Å². The van der Waals surface area contributed by atoms with Gasteiger partial charge >= 0.3 is 0 Å². The molecule has 0 aliphatic carbocycles. The molecule has 0 radical (unpaired) electrons. The van der Waals surface area contributed by atoms with Gasteiger partial charge in [0.15, 0.2) is 0 Å². The third-order valence-electron chi connectivity index (χ3n) is 4.45. The molecule has 1 rings (SSSR count). The molecule has 1 fully saturated rings. The van der Waals surface area contributed by atoms with Crippen LogP contribution in [0, 0.1) is 0 Å². The van der Waals surface area contributed by atoms with Crippen LogP contribution in [0.25, 0.3) is 0 Å². The molecule has 1 saturated heterocycles. The molecule has 1 unspecified atom stereocenters. The lowest BCUT2D eigenvalue weighted by Crippen LogP contribution is -1.91. The Balaban J connectivity index is 1.86. The van der Waals surface area contributed by atoms with Gasteiger partial charge in [-0.25, -0.2) is 0 Å². The van der Waals surface area contributed by atoms with Crippen LogP contribution in [0.4, 0.5) is 0 Å². The number of hydrogen-bond donors (Lipinski definition) is 0. The van der Waals surface area contributed by atoms with Crippen LogP contribution in [0.2, 0.25) is 0 Å². The fourth-order valence-electron chi connectivity index (χ4n) is 2.88. The predicted molar refractivity (Wildman–Crippen MR) is 98.3 cm³/mol. The second-order valence-corrected chi connectivity index (χ2v) is 6.68. The molecule has 128 valence electrons. The number of rotatable bonds is 15. The topological polar surface area (TPSA) is 12.5 Å². The minimum atomic E-state index is 0.425. The minimum Gasteiger partial charge on any atom is -0.365 e. The maximum absolute atomic E-state index is 5.71. The molecule has 0 aromatic carbocycles. The summed E-state index contributed by atoms with van der Waals surface area (Å²) in [7, 11) is 0. The third kappa shape index (κ3) is 11.1. The van der Waals surface area contributed by atoms with Crippen molar-refractivity contribution in [3.05, 3.63) is 24.3 Å². The zero-order valence-corrected chi connectivity index (χ0v) is 15.1. The fourth-order valence-corrected chi connectivity index (χ4v) is 2.88. The summed E-state index contributed by atoms with van der Waals surface area (Å²) in [6, 6.07) is 0. The largest absolute Gasteiger partial charge is 0.365 e. The highest BCUT2D eigenvalue weighted by Crippen LogP contribution is 2.28. The smallest absolute Gasteiger partial charge is 0.102 e. The molecular formula is C21H38O. The Hall–Kier alpha value is -0.560. The summed E-state index contributed by atoms with van der Waals surface area (Å²) in [6.07, 6.45) is 27.4. The molecule has 1 aliphatic heterocycles. The van der Waals surface area contributed by atoms with E-state index in [4.69, 9.17) is 4.74 Å². The van der Waals surface area contributed by atoms with Gasteiger partial charge in [-0.15, -0.1) is 0 Å². The van der Waals surface area contributed by atoms with E-state index in [1.165, 1.54) is 77.0 Å². The number of epoxide rings is 1. The van der Waals surface area contributed by atoms with Crippen LogP contribution >= 0.6 is 0 Å². The number of allylic oxidation sites excluding steroid dienone is 3. The lowest BCUT2D eigenvalue weighted by molar-refractivity contribution is 0.372. The van der Waals surface area contributed by atoms with Gasteiger partial charge in [0.1, 0.15) is 6.10 Å². The molecule has 0 spiro atoms. The molecule has 0 N–H and O–H groups in total. The molecular weight excluding hydrogens is 268 g/mol. The standard InChI is InChI=1S/C21H38O/c1-3-5-7-9-11-13-15-17-19-21-20(22-21)18-16-14-12-10-8-6-4-2/h11,13,17,19-21H,3-10,12,14-16,18H2,1-2H3/t20?,21-/m0/s1. The molecule has 2 atom stereocenters. The van der Waals surface area contributed by atoms with Gasteiger partial charge < -0.3 is 4.74 Å². The van der Waals surface area contributed by atoms with Gasteiger partial charge in [0.05, 0.1) is 6.10 Å². The first-order valence-corrected chi connectivity index (χ1v) is 9.85. The monoisotopic (exact) mass is 306 g/mol. The molecule has 0 bridgehead atoms. The summed E-state index contributed by atoms with van der Waals surface area (Å²) < 4.78 is 5.71. The SMILES string of the molecule is CCCCCC=CCC=C[C@@H]1OC1CCCCCCCCC. The molecule has 22 heavy (non-hydrogen) atoms. The van der Waals surface area contributed by atoms with Crippen molar-refractivity contribution in [2.75, 3.05) is 0 Å².